The molecule has 1 aliphatic heterocycles. The van der Waals surface area contributed by atoms with Gasteiger partial charge in [-0.15, -0.1) is 0 Å². The zero-order valence-electron chi connectivity index (χ0n) is 27.2. The fourth-order valence-electron chi connectivity index (χ4n) is 4.76. The molecule has 12 heteroatoms. The number of nitriles is 1. The van der Waals surface area contributed by atoms with E-state index in [9.17, 15) is 24.8 Å². The van der Waals surface area contributed by atoms with Crippen LogP contribution in [-0.2, 0) is 28.5 Å². The lowest BCUT2D eigenvalue weighted by atomic mass is 10.0. The summed E-state index contributed by atoms with van der Waals surface area (Å²) in [5.41, 5.74) is 1.23. The number of anilines is 1. The molecule has 1 saturated heterocycles. The number of carbonyl (C=O) groups excluding carboxylic acids is 3. The maximum atomic E-state index is 12.6. The molecular weight excluding hydrogens is 592 g/mol. The first-order valence-electron chi connectivity index (χ1n) is 15.7. The maximum Gasteiger partial charge on any atom is 0.408 e. The molecule has 250 valence electrons. The third-order valence-corrected chi connectivity index (χ3v) is 7.03. The molecule has 1 heterocycles. The van der Waals surface area contributed by atoms with Gasteiger partial charge in [-0.25, -0.2) is 9.59 Å². The van der Waals surface area contributed by atoms with Gasteiger partial charge >= 0.3 is 12.1 Å². The van der Waals surface area contributed by atoms with Crippen molar-refractivity contribution in [3.05, 3.63) is 47.5 Å². The van der Waals surface area contributed by atoms with Crippen molar-refractivity contribution in [2.24, 2.45) is 0 Å². The van der Waals surface area contributed by atoms with E-state index in [2.05, 4.69) is 33.7 Å². The number of benzene rings is 2. The second-order valence-electron chi connectivity index (χ2n) is 12.0. The fourth-order valence-corrected chi connectivity index (χ4v) is 4.76. The third kappa shape index (κ3) is 12.3. The number of esters is 1. The van der Waals surface area contributed by atoms with Gasteiger partial charge in [-0.05, 0) is 87.6 Å². The number of nitrogens with one attached hydrogen (secondary N) is 2. The quantitative estimate of drug-likeness (QED) is 0.114. The number of ether oxygens (including phenoxy) is 4. The monoisotopic (exact) mass is 638 g/mol. The molecule has 2 amide bonds. The van der Waals surface area contributed by atoms with Crippen molar-refractivity contribution in [3.8, 4) is 6.07 Å². The molecule has 3 rings (SSSR count). The molecule has 12 nitrogen and oxygen atoms in total. The van der Waals surface area contributed by atoms with Gasteiger partial charge in [-0.1, -0.05) is 18.2 Å². The van der Waals surface area contributed by atoms with Crippen molar-refractivity contribution in [1.82, 2.24) is 10.6 Å². The minimum absolute atomic E-state index is 0.00120. The van der Waals surface area contributed by atoms with Crippen LogP contribution in [0.25, 0.3) is 16.8 Å². The van der Waals surface area contributed by atoms with Gasteiger partial charge in [0.15, 0.2) is 6.04 Å². The Balaban J connectivity index is 1.31. The molecule has 2 aromatic carbocycles. The Morgan fingerprint density at radius 1 is 0.978 bits per heavy atom. The number of aliphatic hydroxyl groups excluding tert-OH is 1. The number of piperidine rings is 1. The fraction of sp³-hybridized carbons (Fsp3) is 0.529. The Kier molecular flexibility index (Phi) is 14.3. The van der Waals surface area contributed by atoms with Gasteiger partial charge in [0.05, 0.1) is 32.5 Å². The van der Waals surface area contributed by atoms with Crippen molar-refractivity contribution in [2.75, 3.05) is 57.6 Å². The predicted molar refractivity (Wildman–Crippen MR) is 174 cm³/mol. The molecule has 0 bridgehead atoms. The van der Waals surface area contributed by atoms with E-state index in [0.717, 1.165) is 29.4 Å². The number of fused-ring (bicyclic) bond motifs is 1. The lowest BCUT2D eigenvalue weighted by Crippen LogP contribution is -2.50. The highest BCUT2D eigenvalue weighted by molar-refractivity contribution is 6.02. The van der Waals surface area contributed by atoms with Gasteiger partial charge in [-0.3, -0.25) is 4.79 Å². The van der Waals surface area contributed by atoms with Crippen LogP contribution in [-0.4, -0.2) is 93.5 Å². The number of nitrogens with zero attached hydrogens (tertiary/aromatic N) is 2. The highest BCUT2D eigenvalue weighted by Crippen LogP contribution is 2.26. The summed E-state index contributed by atoms with van der Waals surface area (Å²) in [5.74, 6) is -1.30. The molecule has 2 atom stereocenters. The molecular formula is C34H46N4O8. The van der Waals surface area contributed by atoms with Gasteiger partial charge in [0.1, 0.15) is 23.9 Å². The van der Waals surface area contributed by atoms with Crippen LogP contribution in [0.1, 0.15) is 52.5 Å². The minimum Gasteiger partial charge on any atom is -0.462 e. The van der Waals surface area contributed by atoms with Gasteiger partial charge in [-0.2, -0.15) is 5.26 Å². The number of carbonyl (C=O) groups is 3. The smallest absolute Gasteiger partial charge is 0.408 e. The standard InChI is InChI=1S/C34H46N4O8/c1-24(39)30(37-33(42)46-34(2,3)4)32(41)45-19-18-44-17-16-43-15-12-36-31(40)28(23-35)21-25-8-9-27-22-29(11-10-26(27)20-25)38-13-6-5-7-14-38/h8-11,20-22,24,30,39H,5-7,12-19H2,1-4H3,(H,36,40)(H,37,42)/b28-21+/t24?,30-/m0/s1. The van der Waals surface area contributed by atoms with Crippen molar-refractivity contribution < 1.29 is 38.4 Å². The van der Waals surface area contributed by atoms with E-state index in [1.54, 1.807) is 26.8 Å². The van der Waals surface area contributed by atoms with Gasteiger partial charge in [0.2, 0.25) is 0 Å². The largest absolute Gasteiger partial charge is 0.462 e. The molecule has 0 aliphatic carbocycles. The average molecular weight is 639 g/mol. The first-order valence-corrected chi connectivity index (χ1v) is 15.7. The van der Waals surface area contributed by atoms with Crippen LogP contribution in [0.2, 0.25) is 0 Å². The summed E-state index contributed by atoms with van der Waals surface area (Å²) in [6, 6.07) is 13.0. The van der Waals surface area contributed by atoms with Crippen molar-refractivity contribution in [1.29, 1.82) is 5.26 Å². The molecule has 0 saturated carbocycles. The van der Waals surface area contributed by atoms with E-state index in [-0.39, 0.29) is 45.2 Å². The van der Waals surface area contributed by atoms with Crippen LogP contribution in [0.3, 0.4) is 0 Å². The van der Waals surface area contributed by atoms with Gasteiger partial charge in [0.25, 0.3) is 5.91 Å². The topological polar surface area (TPSA) is 159 Å². The summed E-state index contributed by atoms with van der Waals surface area (Å²) in [7, 11) is 0. The van der Waals surface area contributed by atoms with E-state index < -0.39 is 35.7 Å². The number of hydrogen-bond donors (Lipinski definition) is 3. The first kappa shape index (κ1) is 36.3. The SMILES string of the molecule is CC(O)[C@H](NC(=O)OC(C)(C)C)C(=O)OCCOCCOCCNC(=O)/C(C#N)=C/c1ccc2cc(N3CCCCC3)ccc2c1. The molecule has 0 aromatic heterocycles. The van der Waals surface area contributed by atoms with Crippen molar-refractivity contribution in [2.45, 2.75) is 64.7 Å². The first-order chi connectivity index (χ1) is 22.0. The lowest BCUT2D eigenvalue weighted by Gasteiger charge is -2.29. The highest BCUT2D eigenvalue weighted by Gasteiger charge is 2.29. The van der Waals surface area contributed by atoms with Crippen LogP contribution >= 0.6 is 0 Å². The van der Waals surface area contributed by atoms with Crippen LogP contribution < -0.4 is 15.5 Å². The second kappa shape index (κ2) is 18.1. The average Bonchev–Trinajstić information content (AvgIpc) is 3.02. The number of rotatable bonds is 15. The van der Waals surface area contributed by atoms with Gasteiger partial charge < -0.3 is 39.6 Å². The van der Waals surface area contributed by atoms with Crippen molar-refractivity contribution >= 4 is 40.5 Å². The van der Waals surface area contributed by atoms with E-state index in [1.807, 2.05) is 24.3 Å². The Morgan fingerprint density at radius 2 is 1.63 bits per heavy atom. The van der Waals surface area contributed by atoms with Crippen LogP contribution in [0.15, 0.2) is 42.0 Å². The number of aliphatic hydroxyl groups is 1. The van der Waals surface area contributed by atoms with Crippen LogP contribution in [0, 0.1) is 11.3 Å². The van der Waals surface area contributed by atoms with Crippen molar-refractivity contribution in [3.63, 3.8) is 0 Å². The van der Waals surface area contributed by atoms with E-state index >= 15 is 0 Å². The summed E-state index contributed by atoms with van der Waals surface area (Å²) in [4.78, 5) is 39.1. The Hall–Kier alpha value is -4.18. The van der Waals surface area contributed by atoms with Gasteiger partial charge in [0, 0.05) is 25.3 Å². The molecule has 3 N–H and O–H groups in total. The molecule has 0 radical (unpaired) electrons. The zero-order valence-corrected chi connectivity index (χ0v) is 27.2. The summed E-state index contributed by atoms with van der Waals surface area (Å²) >= 11 is 0. The maximum absolute atomic E-state index is 12.6. The van der Waals surface area contributed by atoms with Crippen LogP contribution in [0.5, 0.6) is 0 Å². The number of alkyl carbamates (subject to hydrolysis) is 1. The number of amides is 2. The minimum atomic E-state index is -1.28. The molecule has 1 fully saturated rings. The predicted octanol–water partition coefficient (Wildman–Crippen LogP) is 3.70. The Morgan fingerprint density at radius 3 is 2.30 bits per heavy atom. The van der Waals surface area contributed by atoms with E-state index in [0.29, 0.717) is 0 Å². The van der Waals surface area contributed by atoms with E-state index in [1.165, 1.54) is 31.9 Å². The number of hydrogen-bond acceptors (Lipinski definition) is 10. The summed E-state index contributed by atoms with van der Waals surface area (Å²) < 4.78 is 21.0. The molecule has 46 heavy (non-hydrogen) atoms. The summed E-state index contributed by atoms with van der Waals surface area (Å²) in [5, 5.41) is 26.5. The lowest BCUT2D eigenvalue weighted by molar-refractivity contribution is -0.150. The molecule has 0 spiro atoms. The third-order valence-electron chi connectivity index (χ3n) is 7.03. The second-order valence-corrected chi connectivity index (χ2v) is 12.0. The van der Waals surface area contributed by atoms with Crippen LogP contribution in [0.4, 0.5) is 10.5 Å². The van der Waals surface area contributed by atoms with E-state index in [4.69, 9.17) is 18.9 Å². The highest BCUT2D eigenvalue weighted by atomic mass is 16.6. The summed E-state index contributed by atoms with van der Waals surface area (Å²) in [6.07, 6.45) is 3.26. The molecule has 1 unspecified atom stereocenters. The molecule has 1 aliphatic rings. The zero-order chi connectivity index (χ0) is 33.5. The Labute approximate surface area is 270 Å². The summed E-state index contributed by atoms with van der Waals surface area (Å²) in [6.45, 7) is 9.41. The molecule has 2 aromatic rings. The normalized spacial score (nSPS) is 15.0. The Bertz CT molecular complexity index is 1390.